The maximum Gasteiger partial charge on any atom is 0.328 e. The van der Waals surface area contributed by atoms with E-state index in [1.165, 1.54) is 13.5 Å². The van der Waals surface area contributed by atoms with Crippen molar-refractivity contribution >= 4 is 23.6 Å². The zero-order valence-electron chi connectivity index (χ0n) is 28.0. The largest absolute Gasteiger partial charge is 0.467 e. The van der Waals surface area contributed by atoms with E-state index in [1.807, 2.05) is 77.3 Å². The Hall–Kier alpha value is -2.43. The normalized spacial score (nSPS) is 20.5. The number of aryl methyl sites for hydroxylation is 1. The second-order valence-corrected chi connectivity index (χ2v) is 13.8. The fourth-order valence-corrected chi connectivity index (χ4v) is 6.92. The van der Waals surface area contributed by atoms with Gasteiger partial charge in [-0.15, -0.1) is 0 Å². The number of benzene rings is 2. The number of ether oxygens (including phenoxy) is 5. The Kier molecular flexibility index (Phi) is 12.5. The molecule has 1 saturated carbocycles. The maximum atomic E-state index is 13.9. The molecular weight excluding hydrogens is 590 g/mol. The van der Waals surface area contributed by atoms with E-state index in [-0.39, 0.29) is 24.0 Å². The first-order chi connectivity index (χ1) is 21.5. The molecule has 2 aromatic carbocycles. The molecule has 1 aliphatic heterocycles. The van der Waals surface area contributed by atoms with Crippen LogP contribution in [0.3, 0.4) is 0 Å². The monoisotopic (exact) mass is 641 g/mol. The zero-order valence-corrected chi connectivity index (χ0v) is 28.8. The molecule has 0 aromatic heterocycles. The molecule has 4 rings (SSSR count). The molecule has 0 radical (unpaired) electrons. The predicted molar refractivity (Wildman–Crippen MR) is 178 cm³/mol. The SMILES string of the molecule is COC(=O)[C@H](CCSC)NC(=O)c1ccc(C(OCC2COC(C)(C)O2)(OC(C)C)C2CCCCC2)cc1-c1ccccc1C. The molecule has 2 aromatic rings. The summed E-state index contributed by atoms with van der Waals surface area (Å²) in [5, 5.41) is 2.95. The summed E-state index contributed by atoms with van der Waals surface area (Å²) in [6, 6.07) is 13.1. The Bertz CT molecular complexity index is 1290. The predicted octanol–water partition coefficient (Wildman–Crippen LogP) is 7.01. The van der Waals surface area contributed by atoms with Crippen molar-refractivity contribution in [2.75, 3.05) is 32.3 Å². The Balaban J connectivity index is 1.81. The number of hydrogen-bond acceptors (Lipinski definition) is 8. The molecule has 1 N–H and O–H groups in total. The number of thioether (sulfide) groups is 1. The topological polar surface area (TPSA) is 92.3 Å². The van der Waals surface area contributed by atoms with Crippen LogP contribution in [-0.4, -0.2) is 68.2 Å². The molecule has 45 heavy (non-hydrogen) atoms. The van der Waals surface area contributed by atoms with Crippen molar-refractivity contribution in [2.24, 2.45) is 5.92 Å². The summed E-state index contributed by atoms with van der Waals surface area (Å²) in [6.45, 7) is 10.7. The van der Waals surface area contributed by atoms with Crippen LogP contribution in [0.25, 0.3) is 11.1 Å². The van der Waals surface area contributed by atoms with Crippen molar-refractivity contribution in [3.05, 3.63) is 59.2 Å². The zero-order chi connectivity index (χ0) is 32.6. The third-order valence-corrected chi connectivity index (χ3v) is 9.25. The summed E-state index contributed by atoms with van der Waals surface area (Å²) in [5.74, 6) is -1.67. The average Bonchev–Trinajstić information content (AvgIpc) is 3.39. The second-order valence-electron chi connectivity index (χ2n) is 12.8. The Morgan fingerprint density at radius 2 is 1.82 bits per heavy atom. The standard InChI is InChI=1S/C36H51NO7S/c1-24(2)43-36(26-14-9-8-10-15-26,42-23-28-22-41-35(4,5)44-28)27-17-18-30(31(21-27)29-16-12-11-13-25(29)3)33(38)37-32(19-20-45-7)34(39)40-6/h11-13,16-18,21,24,26,28,32H,8-10,14-15,19-20,22-23H2,1-7H3,(H,37,38)/t28?,32-,36?/m0/s1. The van der Waals surface area contributed by atoms with Gasteiger partial charge in [-0.2, -0.15) is 11.8 Å². The molecule has 8 nitrogen and oxygen atoms in total. The van der Waals surface area contributed by atoms with Gasteiger partial charge in [0.05, 0.1) is 26.4 Å². The van der Waals surface area contributed by atoms with Gasteiger partial charge in [-0.05, 0) is 94.7 Å². The lowest BCUT2D eigenvalue weighted by Crippen LogP contribution is -2.45. The summed E-state index contributed by atoms with van der Waals surface area (Å²) >= 11 is 1.62. The van der Waals surface area contributed by atoms with Crippen LogP contribution in [0.1, 0.15) is 87.7 Å². The van der Waals surface area contributed by atoms with E-state index in [0.717, 1.165) is 47.9 Å². The molecule has 2 aliphatic rings. The Labute approximate surface area is 273 Å². The van der Waals surface area contributed by atoms with Crippen LogP contribution in [0.15, 0.2) is 42.5 Å². The maximum absolute atomic E-state index is 13.9. The van der Waals surface area contributed by atoms with Crippen LogP contribution in [0.4, 0.5) is 0 Å². The van der Waals surface area contributed by atoms with Crippen LogP contribution in [0.2, 0.25) is 0 Å². The lowest BCUT2D eigenvalue weighted by Gasteiger charge is -2.44. The molecule has 3 atom stereocenters. The van der Waals surface area contributed by atoms with E-state index in [4.69, 9.17) is 23.7 Å². The van der Waals surface area contributed by atoms with Gasteiger partial charge in [0.2, 0.25) is 0 Å². The smallest absolute Gasteiger partial charge is 0.328 e. The van der Waals surface area contributed by atoms with Crippen molar-refractivity contribution in [3.63, 3.8) is 0 Å². The molecule has 2 unspecified atom stereocenters. The van der Waals surface area contributed by atoms with E-state index in [1.54, 1.807) is 11.8 Å². The summed E-state index contributed by atoms with van der Waals surface area (Å²) in [5.41, 5.74) is 4.06. The molecule has 1 amide bonds. The first-order valence-corrected chi connectivity index (χ1v) is 17.6. The van der Waals surface area contributed by atoms with Gasteiger partial charge >= 0.3 is 5.97 Å². The number of nitrogens with one attached hydrogen (secondary N) is 1. The molecule has 0 bridgehead atoms. The summed E-state index contributed by atoms with van der Waals surface area (Å²) in [7, 11) is 1.34. The van der Waals surface area contributed by atoms with Crippen LogP contribution >= 0.6 is 11.8 Å². The van der Waals surface area contributed by atoms with Crippen molar-refractivity contribution < 1.29 is 33.3 Å². The molecule has 1 saturated heterocycles. The van der Waals surface area contributed by atoms with Gasteiger partial charge in [-0.3, -0.25) is 4.79 Å². The van der Waals surface area contributed by atoms with Crippen LogP contribution < -0.4 is 5.32 Å². The van der Waals surface area contributed by atoms with Crippen molar-refractivity contribution in [1.29, 1.82) is 0 Å². The Morgan fingerprint density at radius 3 is 2.44 bits per heavy atom. The summed E-state index contributed by atoms with van der Waals surface area (Å²) in [6.07, 6.45) is 7.43. The van der Waals surface area contributed by atoms with Crippen molar-refractivity contribution in [2.45, 2.75) is 103 Å². The number of rotatable bonds is 14. The number of esters is 1. The second kappa shape index (κ2) is 15.9. The minimum absolute atomic E-state index is 0.114. The van der Waals surface area contributed by atoms with Gasteiger partial charge in [0, 0.05) is 17.0 Å². The van der Waals surface area contributed by atoms with E-state index in [0.29, 0.717) is 31.0 Å². The van der Waals surface area contributed by atoms with Crippen LogP contribution in [0.5, 0.6) is 0 Å². The first kappa shape index (κ1) is 35.4. The van der Waals surface area contributed by atoms with Crippen molar-refractivity contribution in [1.82, 2.24) is 5.32 Å². The third kappa shape index (κ3) is 8.89. The Morgan fingerprint density at radius 1 is 1.09 bits per heavy atom. The van der Waals surface area contributed by atoms with Crippen LogP contribution in [0, 0.1) is 12.8 Å². The van der Waals surface area contributed by atoms with Crippen molar-refractivity contribution in [3.8, 4) is 11.1 Å². The number of methoxy groups -OCH3 is 1. The lowest BCUT2D eigenvalue weighted by molar-refractivity contribution is -0.305. The highest BCUT2D eigenvalue weighted by Gasteiger charge is 2.46. The molecule has 1 aliphatic carbocycles. The minimum atomic E-state index is -1.05. The highest BCUT2D eigenvalue weighted by atomic mass is 32.2. The minimum Gasteiger partial charge on any atom is -0.467 e. The molecule has 248 valence electrons. The molecule has 2 fully saturated rings. The van der Waals surface area contributed by atoms with Gasteiger partial charge < -0.3 is 29.0 Å². The highest BCUT2D eigenvalue weighted by Crippen LogP contribution is 2.46. The van der Waals surface area contributed by atoms with E-state index in [9.17, 15) is 9.59 Å². The van der Waals surface area contributed by atoms with Gasteiger partial charge in [0.15, 0.2) is 11.6 Å². The third-order valence-electron chi connectivity index (χ3n) is 8.61. The average molecular weight is 642 g/mol. The van der Waals surface area contributed by atoms with Gasteiger partial charge in [0.25, 0.3) is 5.91 Å². The number of amides is 1. The van der Waals surface area contributed by atoms with Crippen LogP contribution in [-0.2, 0) is 34.3 Å². The molecular formula is C36H51NO7S. The van der Waals surface area contributed by atoms with E-state index >= 15 is 0 Å². The lowest BCUT2D eigenvalue weighted by atomic mass is 9.78. The van der Waals surface area contributed by atoms with Gasteiger partial charge in [0.1, 0.15) is 12.1 Å². The molecule has 1 heterocycles. The molecule has 0 spiro atoms. The summed E-state index contributed by atoms with van der Waals surface area (Å²) in [4.78, 5) is 26.5. The first-order valence-electron chi connectivity index (χ1n) is 16.2. The number of carbonyl (C=O) groups excluding carboxylic acids is 2. The molecule has 9 heteroatoms. The van der Waals surface area contributed by atoms with E-state index < -0.39 is 23.6 Å². The quantitative estimate of drug-likeness (QED) is 0.174. The van der Waals surface area contributed by atoms with Gasteiger partial charge in [-0.1, -0.05) is 49.6 Å². The summed E-state index contributed by atoms with van der Waals surface area (Å²) < 4.78 is 30.8. The number of hydrogen-bond donors (Lipinski definition) is 1. The fourth-order valence-electron chi connectivity index (χ4n) is 6.45. The van der Waals surface area contributed by atoms with E-state index in [2.05, 4.69) is 11.4 Å². The fraction of sp³-hybridized carbons (Fsp3) is 0.611. The highest BCUT2D eigenvalue weighted by molar-refractivity contribution is 7.98. The number of carbonyl (C=O) groups is 2. The van der Waals surface area contributed by atoms with Gasteiger partial charge in [-0.25, -0.2) is 4.79 Å².